The second-order valence-corrected chi connectivity index (χ2v) is 6.37. The van der Waals surface area contributed by atoms with E-state index >= 15 is 0 Å². The van der Waals surface area contributed by atoms with Crippen molar-refractivity contribution in [2.75, 3.05) is 32.6 Å². The Hall–Kier alpha value is -3.35. The molecule has 0 unspecified atom stereocenters. The van der Waals surface area contributed by atoms with Crippen LogP contribution in [-0.4, -0.2) is 48.8 Å². The predicted octanol–water partition coefficient (Wildman–Crippen LogP) is 2.84. The fourth-order valence-electron chi connectivity index (χ4n) is 2.51. The molecule has 140 valence electrons. The highest BCUT2D eigenvalue weighted by molar-refractivity contribution is 5.77. The van der Waals surface area contributed by atoms with Crippen LogP contribution >= 0.6 is 0 Å². The van der Waals surface area contributed by atoms with Gasteiger partial charge in [0, 0.05) is 38.9 Å². The van der Waals surface area contributed by atoms with Gasteiger partial charge < -0.3 is 19.0 Å². The zero-order valence-electron chi connectivity index (χ0n) is 15.6. The maximum Gasteiger partial charge on any atom is 0.260 e. The highest BCUT2D eigenvalue weighted by Gasteiger charge is 2.11. The second-order valence-electron chi connectivity index (χ2n) is 6.37. The molecule has 3 aromatic rings. The van der Waals surface area contributed by atoms with Crippen molar-refractivity contribution in [2.45, 2.75) is 6.54 Å². The number of carbonyl (C=O) groups is 1. The van der Waals surface area contributed by atoms with Gasteiger partial charge in [-0.15, -0.1) is 10.2 Å². The monoisotopic (exact) mass is 366 g/mol. The van der Waals surface area contributed by atoms with E-state index in [4.69, 9.17) is 9.15 Å². The summed E-state index contributed by atoms with van der Waals surface area (Å²) in [5.41, 5.74) is 2.99. The number of anilines is 1. The zero-order chi connectivity index (χ0) is 19.2. The van der Waals surface area contributed by atoms with Crippen LogP contribution in [0.5, 0.6) is 5.75 Å². The molecule has 1 aromatic heterocycles. The summed E-state index contributed by atoms with van der Waals surface area (Å²) in [6, 6.07) is 15.3. The van der Waals surface area contributed by atoms with Crippen LogP contribution in [0.3, 0.4) is 0 Å². The van der Waals surface area contributed by atoms with Crippen LogP contribution in [0.15, 0.2) is 59.3 Å². The molecule has 7 nitrogen and oxygen atoms in total. The Bertz CT molecular complexity index is 859. The van der Waals surface area contributed by atoms with Crippen LogP contribution in [0.2, 0.25) is 0 Å². The van der Waals surface area contributed by atoms with Gasteiger partial charge in [0.1, 0.15) is 5.75 Å². The molecule has 0 aliphatic carbocycles. The third kappa shape index (κ3) is 4.84. The molecule has 0 N–H and O–H groups in total. The number of hydrogen-bond acceptors (Lipinski definition) is 6. The number of rotatable bonds is 7. The predicted molar refractivity (Wildman–Crippen MR) is 102 cm³/mol. The van der Waals surface area contributed by atoms with Crippen molar-refractivity contribution in [3.05, 3.63) is 60.5 Å². The molecule has 0 saturated carbocycles. The smallest absolute Gasteiger partial charge is 0.260 e. The first-order valence-electron chi connectivity index (χ1n) is 8.52. The topological polar surface area (TPSA) is 71.7 Å². The Morgan fingerprint density at radius 3 is 2.33 bits per heavy atom. The second kappa shape index (κ2) is 8.35. The maximum atomic E-state index is 12.3. The summed E-state index contributed by atoms with van der Waals surface area (Å²) < 4.78 is 10.7. The number of carbonyl (C=O) groups excluding carboxylic acids is 1. The van der Waals surface area contributed by atoms with Crippen molar-refractivity contribution in [1.82, 2.24) is 15.1 Å². The van der Waals surface area contributed by atoms with E-state index in [1.807, 2.05) is 55.4 Å². The van der Waals surface area contributed by atoms with E-state index < -0.39 is 0 Å². The van der Waals surface area contributed by atoms with Gasteiger partial charge >= 0.3 is 0 Å². The lowest BCUT2D eigenvalue weighted by Crippen LogP contribution is -2.30. The highest BCUT2D eigenvalue weighted by Crippen LogP contribution is 2.20. The van der Waals surface area contributed by atoms with Crippen LogP contribution in [0.4, 0.5) is 5.69 Å². The third-order valence-electron chi connectivity index (χ3n) is 4.12. The molecular weight excluding hydrogens is 344 g/mol. The van der Waals surface area contributed by atoms with Crippen molar-refractivity contribution < 1.29 is 13.9 Å². The minimum Gasteiger partial charge on any atom is -0.484 e. The van der Waals surface area contributed by atoms with Gasteiger partial charge in [-0.2, -0.15) is 0 Å². The summed E-state index contributed by atoms with van der Waals surface area (Å²) in [7, 11) is 5.76. The largest absolute Gasteiger partial charge is 0.484 e. The van der Waals surface area contributed by atoms with E-state index in [9.17, 15) is 4.79 Å². The van der Waals surface area contributed by atoms with Gasteiger partial charge in [0.25, 0.3) is 5.91 Å². The Morgan fingerprint density at radius 2 is 1.74 bits per heavy atom. The van der Waals surface area contributed by atoms with E-state index in [0.717, 1.165) is 16.8 Å². The van der Waals surface area contributed by atoms with Gasteiger partial charge in [-0.05, 0) is 42.0 Å². The molecule has 27 heavy (non-hydrogen) atoms. The van der Waals surface area contributed by atoms with Crippen LogP contribution in [-0.2, 0) is 11.3 Å². The third-order valence-corrected chi connectivity index (χ3v) is 4.12. The van der Waals surface area contributed by atoms with E-state index in [1.54, 1.807) is 24.1 Å². The SMILES string of the molecule is CN(Cc1ccc(N(C)C)cc1)C(=O)COc1ccc(-c2nnco2)cc1. The molecule has 2 aromatic carbocycles. The van der Waals surface area contributed by atoms with Crippen molar-refractivity contribution in [3.8, 4) is 17.2 Å². The molecule has 0 atom stereocenters. The van der Waals surface area contributed by atoms with Gasteiger partial charge in [0.15, 0.2) is 6.61 Å². The van der Waals surface area contributed by atoms with Crippen molar-refractivity contribution in [1.29, 1.82) is 0 Å². The molecule has 7 heteroatoms. The van der Waals surface area contributed by atoms with Gasteiger partial charge in [-0.25, -0.2) is 0 Å². The summed E-state index contributed by atoms with van der Waals surface area (Å²) >= 11 is 0. The number of amides is 1. The molecule has 1 amide bonds. The number of nitrogens with zero attached hydrogens (tertiary/aromatic N) is 4. The molecule has 0 saturated heterocycles. The molecule has 0 radical (unpaired) electrons. The van der Waals surface area contributed by atoms with Crippen molar-refractivity contribution in [3.63, 3.8) is 0 Å². The summed E-state index contributed by atoms with van der Waals surface area (Å²) in [6.45, 7) is 0.512. The molecule has 0 bridgehead atoms. The lowest BCUT2D eigenvalue weighted by molar-refractivity contribution is -0.132. The fraction of sp³-hybridized carbons (Fsp3) is 0.250. The minimum atomic E-state index is -0.0901. The van der Waals surface area contributed by atoms with E-state index in [2.05, 4.69) is 10.2 Å². The molecule has 0 fully saturated rings. The molecule has 0 spiro atoms. The van der Waals surface area contributed by atoms with Crippen molar-refractivity contribution >= 4 is 11.6 Å². The Labute approximate surface area is 158 Å². The summed E-state index contributed by atoms with van der Waals surface area (Å²) in [5.74, 6) is 0.959. The van der Waals surface area contributed by atoms with E-state index in [1.165, 1.54) is 6.39 Å². The standard InChI is InChI=1S/C20H22N4O3/c1-23(2)17-8-4-15(5-9-17)12-24(3)19(25)13-26-18-10-6-16(7-11-18)20-22-21-14-27-20/h4-11,14H,12-13H2,1-3H3. The van der Waals surface area contributed by atoms with Crippen molar-refractivity contribution in [2.24, 2.45) is 0 Å². The molecule has 3 rings (SSSR count). The van der Waals surface area contributed by atoms with Crippen LogP contribution in [0, 0.1) is 0 Å². The van der Waals surface area contributed by atoms with Crippen LogP contribution < -0.4 is 9.64 Å². The van der Waals surface area contributed by atoms with Gasteiger partial charge in [-0.1, -0.05) is 12.1 Å². The molecule has 0 aliphatic heterocycles. The summed E-state index contributed by atoms with van der Waals surface area (Å²) in [6.07, 6.45) is 1.28. The quantitative estimate of drug-likeness (QED) is 0.640. The first-order valence-corrected chi connectivity index (χ1v) is 8.52. The number of ether oxygens (including phenoxy) is 1. The van der Waals surface area contributed by atoms with E-state index in [0.29, 0.717) is 18.2 Å². The average Bonchev–Trinajstić information content (AvgIpc) is 3.21. The van der Waals surface area contributed by atoms with Crippen LogP contribution in [0.25, 0.3) is 11.5 Å². The molecular formula is C20H22N4O3. The zero-order valence-corrected chi connectivity index (χ0v) is 15.6. The number of likely N-dealkylation sites (N-methyl/N-ethyl adjacent to an activating group) is 1. The number of aromatic nitrogens is 2. The van der Waals surface area contributed by atoms with Gasteiger partial charge in [-0.3, -0.25) is 4.79 Å². The van der Waals surface area contributed by atoms with Crippen LogP contribution in [0.1, 0.15) is 5.56 Å². The normalized spacial score (nSPS) is 10.5. The fourth-order valence-corrected chi connectivity index (χ4v) is 2.51. The maximum absolute atomic E-state index is 12.3. The Morgan fingerprint density at radius 1 is 1.04 bits per heavy atom. The first-order chi connectivity index (χ1) is 13.0. The molecule has 1 heterocycles. The lowest BCUT2D eigenvalue weighted by Gasteiger charge is -2.18. The minimum absolute atomic E-state index is 0.0216. The summed E-state index contributed by atoms with van der Waals surface area (Å²) in [5, 5.41) is 7.49. The average molecular weight is 366 g/mol. The highest BCUT2D eigenvalue weighted by atomic mass is 16.5. The number of benzene rings is 2. The Kier molecular flexibility index (Phi) is 5.71. The first kappa shape index (κ1) is 18.4. The molecule has 0 aliphatic rings. The lowest BCUT2D eigenvalue weighted by atomic mass is 10.2. The Balaban J connectivity index is 1.51. The van der Waals surface area contributed by atoms with Gasteiger partial charge in [0.05, 0.1) is 0 Å². The van der Waals surface area contributed by atoms with E-state index in [-0.39, 0.29) is 12.5 Å². The van der Waals surface area contributed by atoms with Gasteiger partial charge in [0.2, 0.25) is 12.3 Å². The summed E-state index contributed by atoms with van der Waals surface area (Å²) in [4.78, 5) is 16.0. The number of hydrogen-bond donors (Lipinski definition) is 0.